The van der Waals surface area contributed by atoms with Crippen molar-refractivity contribution in [2.24, 2.45) is 0 Å². The van der Waals surface area contributed by atoms with Gasteiger partial charge in [0.05, 0.1) is 6.04 Å². The average molecular weight is 510 g/mol. The van der Waals surface area contributed by atoms with E-state index in [0.717, 1.165) is 23.1 Å². The van der Waals surface area contributed by atoms with Gasteiger partial charge in [0.2, 0.25) is 11.8 Å². The maximum atomic E-state index is 12.8. The minimum Gasteiger partial charge on any atom is -0.484 e. The second-order valence-electron chi connectivity index (χ2n) is 9.45. The Bertz CT molecular complexity index is 1410. The SMILES string of the molecule is CCC(=O)N1CCc2ccc(OCc3nc(C(=O)NCc4ccccc4)co3)cc2C1c1ccc(C)cc1. The van der Waals surface area contributed by atoms with Crippen molar-refractivity contribution in [2.75, 3.05) is 6.54 Å². The molecule has 7 nitrogen and oxygen atoms in total. The van der Waals surface area contributed by atoms with Gasteiger partial charge < -0.3 is 19.4 Å². The van der Waals surface area contributed by atoms with Crippen LogP contribution in [0.15, 0.2) is 83.5 Å². The Morgan fingerprint density at radius 1 is 1.08 bits per heavy atom. The van der Waals surface area contributed by atoms with Crippen LogP contribution >= 0.6 is 0 Å². The number of aryl methyl sites for hydroxylation is 1. The van der Waals surface area contributed by atoms with Gasteiger partial charge in [0.1, 0.15) is 12.0 Å². The molecule has 194 valence electrons. The molecule has 1 unspecified atom stereocenters. The predicted molar refractivity (Wildman–Crippen MR) is 144 cm³/mol. The van der Waals surface area contributed by atoms with Crippen molar-refractivity contribution in [1.29, 1.82) is 0 Å². The van der Waals surface area contributed by atoms with Gasteiger partial charge in [-0.2, -0.15) is 0 Å². The Labute approximate surface area is 222 Å². The first-order valence-corrected chi connectivity index (χ1v) is 12.9. The van der Waals surface area contributed by atoms with Crippen LogP contribution in [0.4, 0.5) is 0 Å². The number of amides is 2. The van der Waals surface area contributed by atoms with Gasteiger partial charge in [-0.15, -0.1) is 0 Å². The molecule has 0 aliphatic carbocycles. The molecule has 0 bridgehead atoms. The highest BCUT2D eigenvalue weighted by atomic mass is 16.5. The molecular weight excluding hydrogens is 478 g/mol. The molecule has 2 heterocycles. The Kier molecular flexibility index (Phi) is 7.54. The first kappa shape index (κ1) is 25.3. The number of nitrogens with zero attached hydrogens (tertiary/aromatic N) is 2. The van der Waals surface area contributed by atoms with Gasteiger partial charge in [0.25, 0.3) is 5.91 Å². The number of hydrogen-bond acceptors (Lipinski definition) is 5. The topological polar surface area (TPSA) is 84.7 Å². The molecule has 0 saturated heterocycles. The van der Waals surface area contributed by atoms with E-state index in [0.29, 0.717) is 31.2 Å². The van der Waals surface area contributed by atoms with Crippen molar-refractivity contribution in [1.82, 2.24) is 15.2 Å². The quantitative estimate of drug-likeness (QED) is 0.345. The van der Waals surface area contributed by atoms with Crippen molar-refractivity contribution in [3.8, 4) is 5.75 Å². The second kappa shape index (κ2) is 11.3. The normalized spacial score (nSPS) is 14.6. The van der Waals surface area contributed by atoms with Gasteiger partial charge in [-0.1, -0.05) is 73.2 Å². The van der Waals surface area contributed by atoms with Crippen LogP contribution in [-0.2, 0) is 24.4 Å². The summed E-state index contributed by atoms with van der Waals surface area (Å²) in [6.45, 7) is 5.13. The number of rotatable bonds is 8. The molecule has 3 aromatic carbocycles. The maximum Gasteiger partial charge on any atom is 0.273 e. The number of nitrogens with one attached hydrogen (secondary N) is 1. The van der Waals surface area contributed by atoms with Gasteiger partial charge in [-0.3, -0.25) is 9.59 Å². The number of aromatic nitrogens is 1. The third kappa shape index (κ3) is 5.62. The summed E-state index contributed by atoms with van der Waals surface area (Å²) in [6, 6.07) is 23.9. The van der Waals surface area contributed by atoms with Crippen molar-refractivity contribution in [3.63, 3.8) is 0 Å². The van der Waals surface area contributed by atoms with Crippen LogP contribution in [0.25, 0.3) is 0 Å². The zero-order chi connectivity index (χ0) is 26.5. The van der Waals surface area contributed by atoms with Crippen molar-refractivity contribution in [2.45, 2.75) is 45.9 Å². The van der Waals surface area contributed by atoms with Crippen molar-refractivity contribution in [3.05, 3.63) is 118 Å². The summed E-state index contributed by atoms with van der Waals surface area (Å²) in [4.78, 5) is 31.6. The van der Waals surface area contributed by atoms with E-state index in [2.05, 4.69) is 47.6 Å². The summed E-state index contributed by atoms with van der Waals surface area (Å²) in [6.07, 6.45) is 2.59. The number of fused-ring (bicyclic) bond motifs is 1. The summed E-state index contributed by atoms with van der Waals surface area (Å²) in [5.74, 6) is 0.787. The van der Waals surface area contributed by atoms with Crippen LogP contribution in [0.3, 0.4) is 0 Å². The van der Waals surface area contributed by atoms with E-state index in [9.17, 15) is 9.59 Å². The van der Waals surface area contributed by atoms with Crippen LogP contribution in [0, 0.1) is 6.92 Å². The van der Waals surface area contributed by atoms with Crippen LogP contribution < -0.4 is 10.1 Å². The zero-order valence-electron chi connectivity index (χ0n) is 21.6. The minimum atomic E-state index is -0.306. The number of ether oxygens (including phenoxy) is 1. The smallest absolute Gasteiger partial charge is 0.273 e. The molecule has 1 N–H and O–H groups in total. The molecule has 7 heteroatoms. The molecule has 4 aromatic rings. The lowest BCUT2D eigenvalue weighted by molar-refractivity contribution is -0.132. The Balaban J connectivity index is 1.29. The summed E-state index contributed by atoms with van der Waals surface area (Å²) in [5, 5.41) is 2.84. The Morgan fingerprint density at radius 2 is 1.87 bits per heavy atom. The lowest BCUT2D eigenvalue weighted by atomic mass is 9.87. The number of oxazole rings is 1. The fraction of sp³-hybridized carbons (Fsp3) is 0.258. The Morgan fingerprint density at radius 3 is 2.63 bits per heavy atom. The second-order valence-corrected chi connectivity index (χ2v) is 9.45. The summed E-state index contributed by atoms with van der Waals surface area (Å²) < 4.78 is 11.5. The van der Waals surface area contributed by atoms with E-state index in [4.69, 9.17) is 9.15 Å². The monoisotopic (exact) mass is 509 g/mol. The molecule has 5 rings (SSSR count). The molecule has 0 radical (unpaired) electrons. The van der Waals surface area contributed by atoms with Crippen molar-refractivity contribution >= 4 is 11.8 Å². The van der Waals surface area contributed by atoms with E-state index < -0.39 is 0 Å². The molecular formula is C31H31N3O4. The standard InChI is InChI=1S/C31H31N3O4/c1-3-29(35)34-16-15-23-13-14-25(17-26(23)30(34)24-11-9-21(2)10-12-24)37-20-28-33-27(19-38-28)31(36)32-18-22-7-5-4-6-8-22/h4-14,17,19,30H,3,15-16,18,20H2,1-2H3,(H,32,36). The van der Waals surface area contributed by atoms with Gasteiger partial charge in [-0.05, 0) is 47.7 Å². The number of carbonyl (C=O) groups excluding carboxylic acids is 2. The molecule has 38 heavy (non-hydrogen) atoms. The fourth-order valence-electron chi connectivity index (χ4n) is 4.76. The van der Waals surface area contributed by atoms with Crippen LogP contribution in [0.5, 0.6) is 5.75 Å². The third-order valence-electron chi connectivity index (χ3n) is 6.80. The molecule has 0 saturated carbocycles. The summed E-state index contributed by atoms with van der Waals surface area (Å²) >= 11 is 0. The van der Waals surface area contributed by atoms with Gasteiger partial charge in [-0.25, -0.2) is 4.98 Å². The lowest BCUT2D eigenvalue weighted by Gasteiger charge is -2.38. The van der Waals surface area contributed by atoms with E-state index in [1.54, 1.807) is 0 Å². The van der Waals surface area contributed by atoms with Crippen LogP contribution in [-0.4, -0.2) is 28.2 Å². The molecule has 1 aromatic heterocycles. The first-order chi connectivity index (χ1) is 18.5. The zero-order valence-corrected chi connectivity index (χ0v) is 21.6. The highest BCUT2D eigenvalue weighted by Gasteiger charge is 2.31. The van der Waals surface area contributed by atoms with Gasteiger partial charge in [0.15, 0.2) is 12.3 Å². The molecule has 0 spiro atoms. The van der Waals surface area contributed by atoms with Gasteiger partial charge >= 0.3 is 0 Å². The Hall–Kier alpha value is -4.39. The van der Waals surface area contributed by atoms with E-state index >= 15 is 0 Å². The summed E-state index contributed by atoms with van der Waals surface area (Å²) in [5.41, 5.74) is 5.73. The average Bonchev–Trinajstić information content (AvgIpc) is 3.44. The highest BCUT2D eigenvalue weighted by Crippen LogP contribution is 2.37. The third-order valence-corrected chi connectivity index (χ3v) is 6.80. The van der Waals surface area contributed by atoms with E-state index in [1.165, 1.54) is 17.4 Å². The molecule has 2 amide bonds. The maximum absolute atomic E-state index is 12.8. The van der Waals surface area contributed by atoms with E-state index in [-0.39, 0.29) is 30.2 Å². The summed E-state index contributed by atoms with van der Waals surface area (Å²) in [7, 11) is 0. The lowest BCUT2D eigenvalue weighted by Crippen LogP contribution is -2.40. The molecule has 1 atom stereocenters. The van der Waals surface area contributed by atoms with Crippen LogP contribution in [0.2, 0.25) is 0 Å². The molecule has 0 fully saturated rings. The predicted octanol–water partition coefficient (Wildman–Crippen LogP) is 5.38. The fourth-order valence-corrected chi connectivity index (χ4v) is 4.76. The van der Waals surface area contributed by atoms with Crippen LogP contribution in [0.1, 0.15) is 63.6 Å². The highest BCUT2D eigenvalue weighted by molar-refractivity contribution is 5.91. The first-order valence-electron chi connectivity index (χ1n) is 12.9. The van der Waals surface area contributed by atoms with Gasteiger partial charge in [0, 0.05) is 19.5 Å². The number of hydrogen-bond donors (Lipinski definition) is 1. The number of benzene rings is 3. The largest absolute Gasteiger partial charge is 0.484 e. The minimum absolute atomic E-state index is 0.0809. The van der Waals surface area contributed by atoms with Crippen molar-refractivity contribution < 1.29 is 18.7 Å². The molecule has 1 aliphatic heterocycles. The molecule has 1 aliphatic rings. The number of carbonyl (C=O) groups is 2. The van der Waals surface area contributed by atoms with E-state index in [1.807, 2.05) is 54.3 Å².